The molecule has 7 nitrogen and oxygen atoms in total. The van der Waals surface area contributed by atoms with Crippen LogP contribution in [0.25, 0.3) is 0 Å². The summed E-state index contributed by atoms with van der Waals surface area (Å²) in [5, 5.41) is 2.03. The predicted molar refractivity (Wildman–Crippen MR) is 121 cm³/mol. The van der Waals surface area contributed by atoms with Crippen LogP contribution in [0.15, 0.2) is 47.4 Å². The van der Waals surface area contributed by atoms with Crippen molar-refractivity contribution in [2.45, 2.75) is 50.3 Å². The number of hydrogen-bond donors (Lipinski definition) is 1. The molecular weight excluding hydrogens is 416 g/mol. The van der Waals surface area contributed by atoms with Crippen molar-refractivity contribution in [3.05, 3.63) is 59.2 Å². The van der Waals surface area contributed by atoms with E-state index in [1.54, 1.807) is 27.0 Å². The highest BCUT2D eigenvalue weighted by Crippen LogP contribution is 2.25. The molecule has 2 aromatic carbocycles. The van der Waals surface area contributed by atoms with E-state index in [9.17, 15) is 18.0 Å². The molecule has 0 heterocycles. The average molecular weight is 447 g/mol. The van der Waals surface area contributed by atoms with Crippen molar-refractivity contribution in [1.82, 2.24) is 4.90 Å². The van der Waals surface area contributed by atoms with Gasteiger partial charge < -0.3 is 9.64 Å². The van der Waals surface area contributed by atoms with Crippen molar-refractivity contribution >= 4 is 28.0 Å². The number of aryl methyl sites for hydroxylation is 1. The maximum Gasteiger partial charge on any atom is 0.411 e. The summed E-state index contributed by atoms with van der Waals surface area (Å²) >= 11 is 0. The molecule has 0 fully saturated rings. The molecule has 0 spiro atoms. The average Bonchev–Trinajstić information content (AvgIpc) is 2.72. The first-order valence-corrected chi connectivity index (χ1v) is 11.6. The van der Waals surface area contributed by atoms with Gasteiger partial charge in [-0.15, -0.1) is 0 Å². The smallest absolute Gasteiger partial charge is 0.411 e. The number of carbonyl (C=O) groups is 2. The van der Waals surface area contributed by atoms with Gasteiger partial charge in [0.1, 0.15) is 0 Å². The number of hydrogen-bond acceptors (Lipinski definition) is 5. The van der Waals surface area contributed by atoms with E-state index in [1.165, 1.54) is 17.0 Å². The van der Waals surface area contributed by atoms with Gasteiger partial charge >= 0.3 is 6.09 Å². The third-order valence-electron chi connectivity index (χ3n) is 5.02. The summed E-state index contributed by atoms with van der Waals surface area (Å²) < 4.78 is 30.7. The monoisotopic (exact) mass is 446 g/mol. The molecule has 2 aromatic rings. The Kier molecular flexibility index (Phi) is 8.21. The molecular formula is C23H30N2O5S. The Balaban J connectivity index is 2.15. The second kappa shape index (κ2) is 10.4. The van der Waals surface area contributed by atoms with Gasteiger partial charge in [-0.05, 0) is 55.7 Å². The summed E-state index contributed by atoms with van der Waals surface area (Å²) in [5.41, 5.74) is 3.06. The van der Waals surface area contributed by atoms with E-state index in [-0.39, 0.29) is 24.0 Å². The lowest BCUT2D eigenvalue weighted by Gasteiger charge is -2.18. The maximum absolute atomic E-state index is 12.7. The third kappa shape index (κ3) is 6.30. The molecule has 168 valence electrons. The molecule has 8 heteroatoms. The molecule has 1 atom stereocenters. The van der Waals surface area contributed by atoms with Crippen molar-refractivity contribution in [1.29, 1.82) is 0 Å². The van der Waals surface area contributed by atoms with Gasteiger partial charge in [-0.25, -0.2) is 13.2 Å². The summed E-state index contributed by atoms with van der Waals surface area (Å²) in [7, 11) is -1.99. The van der Waals surface area contributed by atoms with E-state index in [0.29, 0.717) is 17.7 Å². The normalized spacial score (nSPS) is 12.3. The number of carbonyl (C=O) groups excluding carboxylic acids is 2. The van der Waals surface area contributed by atoms with Crippen molar-refractivity contribution in [2.24, 2.45) is 0 Å². The summed E-state index contributed by atoms with van der Waals surface area (Å²) in [6, 6.07) is 12.5. The topological polar surface area (TPSA) is 92.8 Å². The van der Waals surface area contributed by atoms with Gasteiger partial charge in [-0.2, -0.15) is 0 Å². The predicted octanol–water partition coefficient (Wildman–Crippen LogP) is 4.12. The molecule has 0 saturated heterocycles. The fraction of sp³-hybridized carbons (Fsp3) is 0.391. The van der Waals surface area contributed by atoms with E-state index < -0.39 is 21.2 Å². The highest BCUT2D eigenvalue weighted by Gasteiger charge is 2.23. The van der Waals surface area contributed by atoms with E-state index in [2.05, 4.69) is 5.32 Å². The minimum atomic E-state index is -3.55. The van der Waals surface area contributed by atoms with Crippen molar-refractivity contribution in [3.63, 3.8) is 0 Å². The molecule has 0 bridgehead atoms. The number of ether oxygens (including phenoxy) is 1. The van der Waals surface area contributed by atoms with Crippen LogP contribution >= 0.6 is 0 Å². The summed E-state index contributed by atoms with van der Waals surface area (Å²) in [5.74, 6) is 0.0299. The highest BCUT2D eigenvalue weighted by molar-refractivity contribution is 7.92. The highest BCUT2D eigenvalue weighted by atomic mass is 32.2. The van der Waals surface area contributed by atoms with Gasteiger partial charge in [-0.3, -0.25) is 10.1 Å². The number of anilines is 1. The molecule has 1 N–H and O–H groups in total. The van der Waals surface area contributed by atoms with E-state index in [0.717, 1.165) is 11.1 Å². The third-order valence-corrected chi connectivity index (χ3v) is 7.27. The second-order valence-electron chi connectivity index (χ2n) is 7.92. The zero-order chi connectivity index (χ0) is 23.2. The summed E-state index contributed by atoms with van der Waals surface area (Å²) in [6.07, 6.45) is -0.0119. The molecule has 0 unspecified atom stereocenters. The van der Waals surface area contributed by atoms with Crippen molar-refractivity contribution in [3.8, 4) is 0 Å². The van der Waals surface area contributed by atoms with Crippen LogP contribution in [0.3, 0.4) is 0 Å². The number of nitrogens with zero attached hydrogens (tertiary/aromatic N) is 1. The van der Waals surface area contributed by atoms with Gasteiger partial charge in [0.15, 0.2) is 9.84 Å². The lowest BCUT2D eigenvalue weighted by atomic mass is 9.97. The Hall–Kier alpha value is -2.87. The molecule has 31 heavy (non-hydrogen) atoms. The number of nitrogens with one attached hydrogen (secondary N) is 1. The van der Waals surface area contributed by atoms with Crippen LogP contribution in [0.4, 0.5) is 10.5 Å². The lowest BCUT2D eigenvalue weighted by Crippen LogP contribution is -2.21. The molecule has 0 aromatic heterocycles. The fourth-order valence-electron chi connectivity index (χ4n) is 3.20. The van der Waals surface area contributed by atoms with Crippen LogP contribution in [0.5, 0.6) is 0 Å². The number of amides is 2. The molecule has 0 saturated carbocycles. The van der Waals surface area contributed by atoms with Crippen LogP contribution < -0.4 is 5.32 Å². The van der Waals surface area contributed by atoms with Gasteiger partial charge in [0, 0.05) is 25.2 Å². The van der Waals surface area contributed by atoms with E-state index >= 15 is 0 Å². The van der Waals surface area contributed by atoms with Crippen LogP contribution in [0, 0.1) is 6.92 Å². The SMILES string of the molecule is Cc1ccccc1[C@@H](C)COC(=O)Nc1ccc(S(=O)(=O)C(C)C)c(CN(C)C=O)c1. The van der Waals surface area contributed by atoms with Gasteiger partial charge in [-0.1, -0.05) is 31.2 Å². The Bertz CT molecular complexity index is 1030. The number of rotatable bonds is 9. The molecule has 0 aliphatic rings. The standard InChI is InChI=1S/C23H30N2O5S/c1-16(2)31(28,29)22-11-10-20(12-19(22)13-25(5)15-26)24-23(27)30-14-18(4)21-9-7-6-8-17(21)3/h6-12,15-16,18H,13-14H2,1-5H3,(H,24,27)/t18-/m0/s1. The largest absolute Gasteiger partial charge is 0.449 e. The quantitative estimate of drug-likeness (QED) is 0.585. The van der Waals surface area contributed by atoms with Gasteiger partial charge in [0.25, 0.3) is 0 Å². The molecule has 2 rings (SSSR count). The van der Waals surface area contributed by atoms with E-state index in [4.69, 9.17) is 4.74 Å². The van der Waals surface area contributed by atoms with Gasteiger partial charge in [0.05, 0.1) is 16.8 Å². The molecule has 0 radical (unpaired) electrons. The van der Waals surface area contributed by atoms with Crippen molar-refractivity contribution in [2.75, 3.05) is 19.0 Å². The lowest BCUT2D eigenvalue weighted by molar-refractivity contribution is -0.117. The van der Waals surface area contributed by atoms with Gasteiger partial charge in [0.2, 0.25) is 6.41 Å². The molecule has 0 aliphatic heterocycles. The maximum atomic E-state index is 12.7. The Labute approximate surface area is 184 Å². The minimum absolute atomic E-state index is 0.0299. The molecule has 0 aliphatic carbocycles. The Morgan fingerprint density at radius 2 is 1.84 bits per heavy atom. The summed E-state index contributed by atoms with van der Waals surface area (Å²) in [6.45, 7) is 7.49. The number of sulfone groups is 1. The Morgan fingerprint density at radius 3 is 2.45 bits per heavy atom. The minimum Gasteiger partial charge on any atom is -0.449 e. The van der Waals surface area contributed by atoms with E-state index in [1.807, 2.05) is 38.1 Å². The first-order valence-electron chi connectivity index (χ1n) is 10.1. The first kappa shape index (κ1) is 24.4. The zero-order valence-corrected chi connectivity index (χ0v) is 19.4. The fourth-order valence-corrected chi connectivity index (χ4v) is 4.46. The van der Waals surface area contributed by atoms with Crippen LogP contribution in [0.1, 0.15) is 43.4 Å². The van der Waals surface area contributed by atoms with Crippen LogP contribution in [-0.4, -0.2) is 44.7 Å². The first-order chi connectivity index (χ1) is 14.6. The van der Waals surface area contributed by atoms with Crippen molar-refractivity contribution < 1.29 is 22.7 Å². The summed E-state index contributed by atoms with van der Waals surface area (Å²) in [4.78, 5) is 24.8. The number of benzene rings is 2. The Morgan fingerprint density at radius 1 is 1.16 bits per heavy atom. The second-order valence-corrected chi connectivity index (χ2v) is 10.4. The zero-order valence-electron chi connectivity index (χ0n) is 18.6. The van der Waals surface area contributed by atoms with Crippen LogP contribution in [0.2, 0.25) is 0 Å². The molecule has 2 amide bonds. The van der Waals surface area contributed by atoms with Crippen LogP contribution in [-0.2, 0) is 25.9 Å².